The second-order valence-corrected chi connectivity index (χ2v) is 11.6. The summed E-state index contributed by atoms with van der Waals surface area (Å²) in [6, 6.07) is 19.2. The normalized spacial score (nSPS) is 33.4. The Morgan fingerprint density at radius 2 is 1.42 bits per heavy atom. The number of benzene rings is 2. The summed E-state index contributed by atoms with van der Waals surface area (Å²) >= 11 is 6.27. The molecule has 4 aliphatic carbocycles. The van der Waals surface area contributed by atoms with E-state index in [0.29, 0.717) is 24.2 Å². The lowest BCUT2D eigenvalue weighted by atomic mass is 9.43. The Hall–Kier alpha value is -1.84. The first-order valence-electron chi connectivity index (χ1n) is 12.9. The van der Waals surface area contributed by atoms with Crippen molar-refractivity contribution >= 4 is 17.5 Å². The number of carbonyl (C=O) groups excluding carboxylic acids is 1. The average Bonchev–Trinajstić information content (AvgIpc) is 2.83. The number of piperazine rings is 1. The molecule has 0 unspecified atom stereocenters. The summed E-state index contributed by atoms with van der Waals surface area (Å²) in [7, 11) is 0. The highest BCUT2D eigenvalue weighted by atomic mass is 35.5. The fourth-order valence-corrected chi connectivity index (χ4v) is 8.13. The number of hydrogen-bond acceptors (Lipinski definition) is 2. The van der Waals surface area contributed by atoms with Crippen LogP contribution in [-0.2, 0) is 16.8 Å². The van der Waals surface area contributed by atoms with E-state index in [0.717, 1.165) is 49.6 Å². The number of nitrogens with zero attached hydrogens (tertiary/aromatic N) is 2. The van der Waals surface area contributed by atoms with Crippen LogP contribution >= 0.6 is 11.6 Å². The van der Waals surface area contributed by atoms with Gasteiger partial charge in [0.1, 0.15) is 0 Å². The summed E-state index contributed by atoms with van der Waals surface area (Å²) in [5.41, 5.74) is 2.74. The van der Waals surface area contributed by atoms with Crippen LogP contribution in [0.3, 0.4) is 0 Å². The molecule has 2 aromatic rings. The van der Waals surface area contributed by atoms with Gasteiger partial charge in [0.05, 0.1) is 0 Å². The van der Waals surface area contributed by atoms with E-state index < -0.39 is 0 Å². The first-order chi connectivity index (χ1) is 16.1. The van der Waals surface area contributed by atoms with Crippen molar-refractivity contribution in [3.05, 3.63) is 70.7 Å². The van der Waals surface area contributed by atoms with E-state index >= 15 is 0 Å². The molecular formula is C29H35ClN2O. The highest BCUT2D eigenvalue weighted by molar-refractivity contribution is 6.30. The highest BCUT2D eigenvalue weighted by Gasteiger charge is 2.58. The Morgan fingerprint density at radius 1 is 0.818 bits per heavy atom. The molecule has 2 aromatic carbocycles. The molecule has 4 saturated carbocycles. The maximum Gasteiger partial charge on any atom is 0.223 e. The van der Waals surface area contributed by atoms with Crippen molar-refractivity contribution in [1.29, 1.82) is 0 Å². The quantitative estimate of drug-likeness (QED) is 0.563. The van der Waals surface area contributed by atoms with Gasteiger partial charge in [0.2, 0.25) is 5.91 Å². The standard InChI is InChI=1S/C29H35ClN2O/c30-27-8-6-24(7-9-27)29(25-15-22-14-23(17-25)18-26(29)16-22)19-28(33)32-12-10-31(11-13-32)20-21-4-2-1-3-5-21/h1-9,22-23,25-26H,10-20H2. The van der Waals surface area contributed by atoms with Gasteiger partial charge in [-0.1, -0.05) is 54.1 Å². The Kier molecular flexibility index (Phi) is 5.74. The molecule has 1 saturated heterocycles. The highest BCUT2D eigenvalue weighted by Crippen LogP contribution is 2.64. The number of halogens is 1. The van der Waals surface area contributed by atoms with Crippen molar-refractivity contribution in [3.8, 4) is 0 Å². The van der Waals surface area contributed by atoms with E-state index in [1.165, 1.54) is 43.2 Å². The molecule has 7 rings (SSSR count). The Balaban J connectivity index is 1.19. The zero-order valence-electron chi connectivity index (χ0n) is 19.5. The molecule has 0 spiro atoms. The third kappa shape index (κ3) is 4.02. The van der Waals surface area contributed by atoms with Crippen LogP contribution in [0, 0.1) is 23.7 Å². The predicted molar refractivity (Wildman–Crippen MR) is 133 cm³/mol. The molecule has 1 amide bonds. The van der Waals surface area contributed by atoms with Crippen LogP contribution in [0.4, 0.5) is 0 Å². The summed E-state index contributed by atoms with van der Waals surface area (Å²) in [4.78, 5) is 18.4. The summed E-state index contributed by atoms with van der Waals surface area (Å²) in [5.74, 6) is 3.46. The van der Waals surface area contributed by atoms with Gasteiger partial charge in [0.15, 0.2) is 0 Å². The molecule has 3 nitrogen and oxygen atoms in total. The van der Waals surface area contributed by atoms with Crippen molar-refractivity contribution in [2.24, 2.45) is 23.7 Å². The fourth-order valence-electron chi connectivity index (χ4n) is 8.01. The van der Waals surface area contributed by atoms with Gasteiger partial charge in [-0.25, -0.2) is 0 Å². The number of rotatable bonds is 5. The Bertz CT molecular complexity index is 952. The van der Waals surface area contributed by atoms with E-state index in [-0.39, 0.29) is 5.41 Å². The smallest absolute Gasteiger partial charge is 0.223 e. The lowest BCUT2D eigenvalue weighted by Gasteiger charge is -2.62. The largest absolute Gasteiger partial charge is 0.340 e. The summed E-state index contributed by atoms with van der Waals surface area (Å²) in [6.07, 6.45) is 7.37. The second-order valence-electron chi connectivity index (χ2n) is 11.2. The van der Waals surface area contributed by atoms with Crippen molar-refractivity contribution in [3.63, 3.8) is 0 Å². The van der Waals surface area contributed by atoms with E-state index in [9.17, 15) is 4.79 Å². The molecule has 0 aromatic heterocycles. The van der Waals surface area contributed by atoms with Gasteiger partial charge in [-0.2, -0.15) is 0 Å². The van der Waals surface area contributed by atoms with Crippen molar-refractivity contribution in [2.45, 2.75) is 50.5 Å². The Labute approximate surface area is 203 Å². The van der Waals surface area contributed by atoms with Gasteiger partial charge in [0, 0.05) is 49.6 Å². The molecule has 0 N–H and O–H groups in total. The third-order valence-electron chi connectivity index (χ3n) is 9.39. The molecule has 4 bridgehead atoms. The minimum Gasteiger partial charge on any atom is -0.340 e. The molecule has 5 aliphatic rings. The SMILES string of the molecule is O=C(CC1(c2ccc(Cl)cc2)C2CC3CC(C2)CC1C3)N1CCN(Cc2ccccc2)CC1. The monoisotopic (exact) mass is 462 g/mol. The van der Waals surface area contributed by atoms with Gasteiger partial charge in [-0.15, -0.1) is 0 Å². The van der Waals surface area contributed by atoms with E-state index in [4.69, 9.17) is 11.6 Å². The van der Waals surface area contributed by atoms with Gasteiger partial charge in [-0.3, -0.25) is 9.69 Å². The fraction of sp³-hybridized carbons (Fsp3) is 0.552. The predicted octanol–water partition coefficient (Wildman–Crippen LogP) is 5.77. The van der Waals surface area contributed by atoms with E-state index in [2.05, 4.69) is 52.3 Å². The van der Waals surface area contributed by atoms with Crippen LogP contribution in [0.2, 0.25) is 5.02 Å². The molecule has 174 valence electrons. The minimum absolute atomic E-state index is 0.0102. The number of carbonyl (C=O) groups is 1. The maximum absolute atomic E-state index is 13.8. The first kappa shape index (κ1) is 21.7. The molecule has 33 heavy (non-hydrogen) atoms. The van der Waals surface area contributed by atoms with Crippen molar-refractivity contribution in [1.82, 2.24) is 9.80 Å². The van der Waals surface area contributed by atoms with E-state index in [1.807, 2.05) is 12.1 Å². The van der Waals surface area contributed by atoms with Crippen LogP contribution in [0.1, 0.15) is 49.7 Å². The summed E-state index contributed by atoms with van der Waals surface area (Å²) in [6.45, 7) is 4.60. The number of hydrogen-bond donors (Lipinski definition) is 0. The third-order valence-corrected chi connectivity index (χ3v) is 9.65. The molecule has 0 radical (unpaired) electrons. The molecule has 1 heterocycles. The van der Waals surface area contributed by atoms with Gasteiger partial charge < -0.3 is 4.90 Å². The summed E-state index contributed by atoms with van der Waals surface area (Å²) < 4.78 is 0. The first-order valence-corrected chi connectivity index (χ1v) is 13.3. The van der Waals surface area contributed by atoms with Crippen LogP contribution in [0.5, 0.6) is 0 Å². The Morgan fingerprint density at radius 3 is 2.03 bits per heavy atom. The molecule has 4 heteroatoms. The topological polar surface area (TPSA) is 23.6 Å². The van der Waals surface area contributed by atoms with Crippen molar-refractivity contribution < 1.29 is 4.79 Å². The molecular weight excluding hydrogens is 428 g/mol. The van der Waals surface area contributed by atoms with E-state index in [1.54, 1.807) is 0 Å². The molecule has 5 fully saturated rings. The zero-order valence-corrected chi connectivity index (χ0v) is 20.2. The zero-order chi connectivity index (χ0) is 22.4. The molecule has 1 aliphatic heterocycles. The van der Waals surface area contributed by atoms with Crippen LogP contribution < -0.4 is 0 Å². The average molecular weight is 463 g/mol. The van der Waals surface area contributed by atoms with Gasteiger partial charge in [0.25, 0.3) is 0 Å². The van der Waals surface area contributed by atoms with Gasteiger partial charge in [-0.05, 0) is 79.0 Å². The minimum atomic E-state index is 0.0102. The summed E-state index contributed by atoms with van der Waals surface area (Å²) in [5, 5.41) is 0.790. The lowest BCUT2D eigenvalue weighted by molar-refractivity contribution is -0.140. The molecule has 0 atom stereocenters. The van der Waals surface area contributed by atoms with Crippen LogP contribution in [0.15, 0.2) is 54.6 Å². The van der Waals surface area contributed by atoms with Gasteiger partial charge >= 0.3 is 0 Å². The lowest BCUT2D eigenvalue weighted by Crippen LogP contribution is -2.58. The van der Waals surface area contributed by atoms with Crippen LogP contribution in [0.25, 0.3) is 0 Å². The van der Waals surface area contributed by atoms with Crippen molar-refractivity contribution in [2.75, 3.05) is 26.2 Å². The number of amides is 1. The van der Waals surface area contributed by atoms with Crippen LogP contribution in [-0.4, -0.2) is 41.9 Å². The maximum atomic E-state index is 13.8. The second kappa shape index (κ2) is 8.74.